The smallest absolute Gasteiger partial charge is 0.325 e. The number of ketones is 1. The third-order valence-corrected chi connectivity index (χ3v) is 5.41. The van der Waals surface area contributed by atoms with Crippen molar-refractivity contribution in [1.29, 1.82) is 0 Å². The van der Waals surface area contributed by atoms with Crippen LogP contribution in [0, 0.1) is 6.92 Å². The average Bonchev–Trinajstić information content (AvgIpc) is 2.80. The van der Waals surface area contributed by atoms with E-state index in [0.717, 1.165) is 12.1 Å². The fourth-order valence-electron chi connectivity index (χ4n) is 3.56. The molecule has 2 heterocycles. The summed E-state index contributed by atoms with van der Waals surface area (Å²) in [5, 5.41) is 2.85. The van der Waals surface area contributed by atoms with Crippen molar-refractivity contribution in [1.82, 2.24) is 9.55 Å². The molecule has 6 nitrogen and oxygen atoms in total. The van der Waals surface area contributed by atoms with Crippen LogP contribution in [0.3, 0.4) is 0 Å². The van der Waals surface area contributed by atoms with E-state index in [1.807, 2.05) is 0 Å². The number of nitrogens with zero attached hydrogens (tertiary/aromatic N) is 2. The van der Waals surface area contributed by atoms with E-state index in [-0.39, 0.29) is 27.8 Å². The van der Waals surface area contributed by atoms with E-state index in [0.29, 0.717) is 10.7 Å². The van der Waals surface area contributed by atoms with E-state index in [4.69, 9.17) is 11.6 Å². The zero-order valence-corrected chi connectivity index (χ0v) is 18.9. The molecule has 0 saturated carbocycles. The van der Waals surface area contributed by atoms with Crippen LogP contribution in [0.15, 0.2) is 71.7 Å². The van der Waals surface area contributed by atoms with Gasteiger partial charge in [0.15, 0.2) is 5.78 Å². The molecule has 2 aromatic carbocycles. The van der Waals surface area contributed by atoms with Crippen LogP contribution in [0.2, 0.25) is 5.02 Å². The highest BCUT2D eigenvalue weighted by Gasteiger charge is 2.30. The Hall–Kier alpha value is -3.98. The number of alkyl halides is 3. The molecular formula is C25H17ClF3N3O3. The molecule has 2 aromatic heterocycles. The van der Waals surface area contributed by atoms with Crippen molar-refractivity contribution >= 4 is 40.0 Å². The van der Waals surface area contributed by atoms with Gasteiger partial charge in [-0.3, -0.25) is 14.4 Å². The van der Waals surface area contributed by atoms with Crippen LogP contribution in [-0.4, -0.2) is 21.2 Å². The number of anilines is 1. The summed E-state index contributed by atoms with van der Waals surface area (Å²) >= 11 is 5.98. The first-order valence-electron chi connectivity index (χ1n) is 10.3. The number of rotatable bonds is 5. The summed E-state index contributed by atoms with van der Waals surface area (Å²) in [6.07, 6.45) is -3.33. The molecule has 0 radical (unpaired) electrons. The second kappa shape index (κ2) is 9.34. The number of nitrogens with one attached hydrogen (secondary N) is 1. The van der Waals surface area contributed by atoms with Crippen molar-refractivity contribution in [3.63, 3.8) is 0 Å². The van der Waals surface area contributed by atoms with E-state index in [1.54, 1.807) is 25.1 Å². The summed E-state index contributed by atoms with van der Waals surface area (Å²) in [7, 11) is 0. The lowest BCUT2D eigenvalue weighted by molar-refractivity contribution is -0.137. The molecule has 0 aliphatic carbocycles. The van der Waals surface area contributed by atoms with Crippen molar-refractivity contribution in [2.45, 2.75) is 19.6 Å². The standard InChI is InChI=1S/C25H17ClF3N3O3/c1-14-8-9-19-23(35)20(22(34)15-4-2-6-17(26)10-15)12-32(24(19)30-14)13-21(33)31-18-7-3-5-16(11-18)25(27,28)29/h2-12H,13H2,1H3,(H,31,33). The van der Waals surface area contributed by atoms with Crippen molar-refractivity contribution in [2.75, 3.05) is 5.32 Å². The zero-order chi connectivity index (χ0) is 25.3. The summed E-state index contributed by atoms with van der Waals surface area (Å²) in [5.74, 6) is -1.26. The summed E-state index contributed by atoms with van der Waals surface area (Å²) in [4.78, 5) is 43.2. The molecule has 4 rings (SSSR count). The van der Waals surface area contributed by atoms with E-state index in [9.17, 15) is 27.6 Å². The average molecular weight is 500 g/mol. The molecule has 10 heteroatoms. The molecule has 0 aliphatic rings. The Kier molecular flexibility index (Phi) is 6.45. The highest BCUT2D eigenvalue weighted by Crippen LogP contribution is 2.30. The number of fused-ring (bicyclic) bond motifs is 1. The Morgan fingerprint density at radius 3 is 2.51 bits per heavy atom. The Morgan fingerprint density at radius 2 is 1.80 bits per heavy atom. The fourth-order valence-corrected chi connectivity index (χ4v) is 3.75. The van der Waals surface area contributed by atoms with Gasteiger partial charge in [0.2, 0.25) is 11.3 Å². The van der Waals surface area contributed by atoms with Gasteiger partial charge in [-0.2, -0.15) is 13.2 Å². The summed E-state index contributed by atoms with van der Waals surface area (Å²) in [6.45, 7) is 1.29. The SMILES string of the molecule is Cc1ccc2c(=O)c(C(=O)c3cccc(Cl)c3)cn(CC(=O)Nc3cccc(C(F)(F)F)c3)c2n1. The molecule has 4 aromatic rings. The maximum absolute atomic E-state index is 13.1. The van der Waals surface area contributed by atoms with E-state index >= 15 is 0 Å². The highest BCUT2D eigenvalue weighted by atomic mass is 35.5. The molecule has 178 valence electrons. The van der Waals surface area contributed by atoms with Crippen LogP contribution >= 0.6 is 11.6 Å². The van der Waals surface area contributed by atoms with Gasteiger partial charge in [0.25, 0.3) is 0 Å². The van der Waals surface area contributed by atoms with Crippen LogP contribution in [0.5, 0.6) is 0 Å². The number of pyridine rings is 2. The monoisotopic (exact) mass is 499 g/mol. The molecule has 0 spiro atoms. The molecule has 35 heavy (non-hydrogen) atoms. The van der Waals surface area contributed by atoms with Crippen molar-refractivity contribution in [2.24, 2.45) is 0 Å². The number of carbonyl (C=O) groups excluding carboxylic acids is 2. The quantitative estimate of drug-likeness (QED) is 0.380. The van der Waals surface area contributed by atoms with Gasteiger partial charge in [-0.1, -0.05) is 29.8 Å². The lowest BCUT2D eigenvalue weighted by atomic mass is 10.0. The van der Waals surface area contributed by atoms with E-state index in [1.165, 1.54) is 41.1 Å². The summed E-state index contributed by atoms with van der Waals surface area (Å²) in [5.41, 5.74) is -0.793. The Labute approximate surface area is 202 Å². The van der Waals surface area contributed by atoms with Crippen molar-refractivity contribution < 1.29 is 22.8 Å². The van der Waals surface area contributed by atoms with Gasteiger partial charge in [-0.05, 0) is 49.4 Å². The van der Waals surface area contributed by atoms with Crippen molar-refractivity contribution in [3.8, 4) is 0 Å². The summed E-state index contributed by atoms with van der Waals surface area (Å²) in [6, 6.07) is 13.4. The molecule has 0 aliphatic heterocycles. The van der Waals surface area contributed by atoms with Gasteiger partial charge in [0.05, 0.1) is 16.5 Å². The van der Waals surface area contributed by atoms with Crippen LogP contribution in [0.1, 0.15) is 27.2 Å². The van der Waals surface area contributed by atoms with Crippen LogP contribution in [-0.2, 0) is 17.5 Å². The predicted molar refractivity (Wildman–Crippen MR) is 126 cm³/mol. The fraction of sp³-hybridized carbons (Fsp3) is 0.120. The second-order valence-electron chi connectivity index (χ2n) is 7.79. The number of hydrogen-bond acceptors (Lipinski definition) is 4. The molecule has 0 fully saturated rings. The van der Waals surface area contributed by atoms with Gasteiger partial charge in [0, 0.05) is 28.2 Å². The van der Waals surface area contributed by atoms with Crippen molar-refractivity contribution in [3.05, 3.63) is 104 Å². The van der Waals surface area contributed by atoms with E-state index in [2.05, 4.69) is 10.3 Å². The first kappa shape index (κ1) is 24.2. The highest BCUT2D eigenvalue weighted by molar-refractivity contribution is 6.31. The Bertz CT molecular complexity index is 1530. The molecular weight excluding hydrogens is 483 g/mol. The third kappa shape index (κ3) is 5.25. The first-order chi connectivity index (χ1) is 16.5. The van der Waals surface area contributed by atoms with Gasteiger partial charge < -0.3 is 9.88 Å². The minimum atomic E-state index is -4.56. The number of benzene rings is 2. The Morgan fingerprint density at radius 1 is 1.06 bits per heavy atom. The topological polar surface area (TPSA) is 81.1 Å². The van der Waals surface area contributed by atoms with Gasteiger partial charge in [-0.15, -0.1) is 0 Å². The van der Waals surface area contributed by atoms with Gasteiger partial charge >= 0.3 is 6.18 Å². The molecule has 1 N–H and O–H groups in total. The second-order valence-corrected chi connectivity index (χ2v) is 8.23. The van der Waals surface area contributed by atoms with Crippen LogP contribution in [0.4, 0.5) is 18.9 Å². The van der Waals surface area contributed by atoms with E-state index < -0.39 is 35.4 Å². The minimum absolute atomic E-state index is 0.0467. The van der Waals surface area contributed by atoms with Gasteiger partial charge in [0.1, 0.15) is 12.2 Å². The Balaban J connectivity index is 1.73. The van der Waals surface area contributed by atoms with Crippen LogP contribution in [0.25, 0.3) is 11.0 Å². The molecule has 1 amide bonds. The normalized spacial score (nSPS) is 11.5. The number of aromatic nitrogens is 2. The maximum atomic E-state index is 13.1. The number of halogens is 4. The molecule has 0 unspecified atom stereocenters. The lowest BCUT2D eigenvalue weighted by Crippen LogP contribution is -2.25. The number of hydrogen-bond donors (Lipinski definition) is 1. The zero-order valence-electron chi connectivity index (χ0n) is 18.2. The number of amides is 1. The lowest BCUT2D eigenvalue weighted by Gasteiger charge is -2.14. The number of carbonyl (C=O) groups is 2. The third-order valence-electron chi connectivity index (χ3n) is 5.18. The predicted octanol–water partition coefficient (Wildman–Crippen LogP) is 5.25. The largest absolute Gasteiger partial charge is 0.416 e. The number of aryl methyl sites for hydroxylation is 1. The summed E-state index contributed by atoms with van der Waals surface area (Å²) < 4.78 is 40.3. The molecule has 0 atom stereocenters. The maximum Gasteiger partial charge on any atom is 0.416 e. The van der Waals surface area contributed by atoms with Gasteiger partial charge in [-0.25, -0.2) is 4.98 Å². The molecule has 0 bridgehead atoms. The first-order valence-corrected chi connectivity index (χ1v) is 10.7. The van der Waals surface area contributed by atoms with Crippen LogP contribution < -0.4 is 10.7 Å². The molecule has 0 saturated heterocycles. The minimum Gasteiger partial charge on any atom is -0.325 e.